The zero-order chi connectivity index (χ0) is 15.2. The lowest BCUT2D eigenvalue weighted by Crippen LogP contribution is -2.08. The highest BCUT2D eigenvalue weighted by Crippen LogP contribution is 2.21. The number of benzene rings is 2. The van der Waals surface area contributed by atoms with Crippen LogP contribution in [0.2, 0.25) is 0 Å². The molecule has 3 N–H and O–H groups in total. The van der Waals surface area contributed by atoms with Gasteiger partial charge >= 0.3 is 0 Å². The van der Waals surface area contributed by atoms with Gasteiger partial charge in [-0.25, -0.2) is 0 Å². The van der Waals surface area contributed by atoms with Gasteiger partial charge in [0.25, 0.3) is 0 Å². The molecule has 0 aliphatic carbocycles. The summed E-state index contributed by atoms with van der Waals surface area (Å²) in [6, 6.07) is 13.7. The van der Waals surface area contributed by atoms with Gasteiger partial charge < -0.3 is 15.7 Å². The number of carbonyl (C=O) groups excluding carboxylic acids is 1. The van der Waals surface area contributed by atoms with Crippen LogP contribution in [0, 0.1) is 6.92 Å². The van der Waals surface area contributed by atoms with Crippen LogP contribution < -0.4 is 10.6 Å². The normalized spacial score (nSPS) is 10.2. The lowest BCUT2D eigenvalue weighted by molar-refractivity contribution is -0.114. The molecule has 0 aliphatic heterocycles. The van der Waals surface area contributed by atoms with E-state index in [0.29, 0.717) is 6.54 Å². The Kier molecular flexibility index (Phi) is 4.95. The van der Waals surface area contributed by atoms with E-state index in [1.807, 2.05) is 49.4 Å². The van der Waals surface area contributed by atoms with Crippen LogP contribution in [-0.2, 0) is 17.9 Å². The first kappa shape index (κ1) is 15.1. The first-order valence-electron chi connectivity index (χ1n) is 6.89. The predicted octanol–water partition coefficient (Wildman–Crippen LogP) is 3.06. The van der Waals surface area contributed by atoms with Gasteiger partial charge in [0.2, 0.25) is 5.91 Å². The summed E-state index contributed by atoms with van der Waals surface area (Å²) in [5, 5.41) is 15.2. The second kappa shape index (κ2) is 6.90. The minimum absolute atomic E-state index is 0.0613. The number of aryl methyl sites for hydroxylation is 1. The SMILES string of the molecule is CC(=O)Nc1cc(NCc2ccc(CO)cc2)ccc1C. The van der Waals surface area contributed by atoms with E-state index >= 15 is 0 Å². The average Bonchev–Trinajstić information content (AvgIpc) is 2.48. The highest BCUT2D eigenvalue weighted by Gasteiger charge is 2.02. The Balaban J connectivity index is 2.03. The fourth-order valence-corrected chi connectivity index (χ4v) is 2.02. The molecule has 0 aliphatic rings. The van der Waals surface area contributed by atoms with Gasteiger partial charge in [-0.2, -0.15) is 0 Å². The number of hydrogen-bond donors (Lipinski definition) is 3. The molecule has 0 saturated heterocycles. The Morgan fingerprint density at radius 1 is 1.10 bits per heavy atom. The van der Waals surface area contributed by atoms with Crippen molar-refractivity contribution in [1.82, 2.24) is 0 Å². The molecule has 2 rings (SSSR count). The summed E-state index contributed by atoms with van der Waals surface area (Å²) in [5.41, 5.74) is 4.85. The van der Waals surface area contributed by atoms with Gasteiger partial charge in [-0.05, 0) is 35.7 Å². The van der Waals surface area contributed by atoms with Gasteiger partial charge in [-0.1, -0.05) is 30.3 Å². The number of aliphatic hydroxyl groups excluding tert-OH is 1. The highest BCUT2D eigenvalue weighted by atomic mass is 16.3. The van der Waals surface area contributed by atoms with Crippen molar-refractivity contribution in [2.45, 2.75) is 27.0 Å². The third kappa shape index (κ3) is 4.33. The zero-order valence-corrected chi connectivity index (χ0v) is 12.3. The molecule has 4 heteroatoms. The lowest BCUT2D eigenvalue weighted by Gasteiger charge is -2.11. The zero-order valence-electron chi connectivity index (χ0n) is 12.3. The van der Waals surface area contributed by atoms with Crippen LogP contribution in [-0.4, -0.2) is 11.0 Å². The van der Waals surface area contributed by atoms with Crippen molar-refractivity contribution in [2.24, 2.45) is 0 Å². The highest BCUT2D eigenvalue weighted by molar-refractivity contribution is 5.90. The van der Waals surface area contributed by atoms with E-state index in [4.69, 9.17) is 5.11 Å². The topological polar surface area (TPSA) is 61.4 Å². The van der Waals surface area contributed by atoms with Crippen LogP contribution in [0.5, 0.6) is 0 Å². The third-order valence-electron chi connectivity index (χ3n) is 3.25. The van der Waals surface area contributed by atoms with Crippen molar-refractivity contribution in [3.8, 4) is 0 Å². The number of rotatable bonds is 5. The fourth-order valence-electron chi connectivity index (χ4n) is 2.02. The van der Waals surface area contributed by atoms with Crippen LogP contribution in [0.25, 0.3) is 0 Å². The summed E-state index contributed by atoms with van der Waals surface area (Å²) in [5.74, 6) is -0.0742. The first-order valence-corrected chi connectivity index (χ1v) is 6.89. The van der Waals surface area contributed by atoms with Crippen molar-refractivity contribution < 1.29 is 9.90 Å². The molecule has 2 aromatic carbocycles. The maximum Gasteiger partial charge on any atom is 0.221 e. The van der Waals surface area contributed by atoms with Crippen LogP contribution >= 0.6 is 0 Å². The number of anilines is 2. The third-order valence-corrected chi connectivity index (χ3v) is 3.25. The van der Waals surface area contributed by atoms with Crippen molar-refractivity contribution >= 4 is 17.3 Å². The summed E-state index contributed by atoms with van der Waals surface area (Å²) in [7, 11) is 0. The number of carbonyl (C=O) groups is 1. The first-order chi connectivity index (χ1) is 10.1. The molecule has 110 valence electrons. The monoisotopic (exact) mass is 284 g/mol. The van der Waals surface area contributed by atoms with Crippen LogP contribution in [0.4, 0.5) is 11.4 Å². The Bertz CT molecular complexity index is 621. The summed E-state index contributed by atoms with van der Waals surface area (Å²) in [4.78, 5) is 11.2. The predicted molar refractivity (Wildman–Crippen MR) is 85.2 cm³/mol. The molecule has 0 saturated carbocycles. The maximum atomic E-state index is 11.2. The molecule has 21 heavy (non-hydrogen) atoms. The average molecular weight is 284 g/mol. The van der Waals surface area contributed by atoms with Crippen LogP contribution in [0.3, 0.4) is 0 Å². The molecule has 1 amide bonds. The largest absolute Gasteiger partial charge is 0.392 e. The summed E-state index contributed by atoms with van der Waals surface area (Å²) in [6.45, 7) is 4.21. The Morgan fingerprint density at radius 3 is 2.38 bits per heavy atom. The van der Waals surface area contributed by atoms with Gasteiger partial charge in [0, 0.05) is 24.8 Å². The molecular formula is C17H20N2O2. The van der Waals surface area contributed by atoms with E-state index in [1.54, 1.807) is 0 Å². The fraction of sp³-hybridized carbons (Fsp3) is 0.235. The number of nitrogens with one attached hydrogen (secondary N) is 2. The van der Waals surface area contributed by atoms with Crippen molar-refractivity contribution in [3.63, 3.8) is 0 Å². The smallest absolute Gasteiger partial charge is 0.221 e. The minimum Gasteiger partial charge on any atom is -0.392 e. The van der Waals surface area contributed by atoms with Gasteiger partial charge in [0.15, 0.2) is 0 Å². The van der Waals surface area contributed by atoms with E-state index in [9.17, 15) is 4.79 Å². The van der Waals surface area contributed by atoms with E-state index in [0.717, 1.165) is 28.1 Å². The Labute approximate surface area is 124 Å². The van der Waals surface area contributed by atoms with Crippen molar-refractivity contribution in [3.05, 3.63) is 59.2 Å². The minimum atomic E-state index is -0.0742. The van der Waals surface area contributed by atoms with Crippen molar-refractivity contribution in [1.29, 1.82) is 0 Å². The summed E-state index contributed by atoms with van der Waals surface area (Å²) < 4.78 is 0. The van der Waals surface area contributed by atoms with E-state index in [-0.39, 0.29) is 12.5 Å². The molecule has 0 heterocycles. The van der Waals surface area contributed by atoms with Gasteiger partial charge in [0.1, 0.15) is 0 Å². The summed E-state index contributed by atoms with van der Waals surface area (Å²) in [6.07, 6.45) is 0. The second-order valence-corrected chi connectivity index (χ2v) is 5.04. The molecule has 0 bridgehead atoms. The molecule has 4 nitrogen and oxygen atoms in total. The van der Waals surface area contributed by atoms with E-state index in [2.05, 4.69) is 10.6 Å². The van der Waals surface area contributed by atoms with Crippen LogP contribution in [0.15, 0.2) is 42.5 Å². The molecule has 0 atom stereocenters. The molecule has 0 spiro atoms. The Morgan fingerprint density at radius 2 is 1.76 bits per heavy atom. The number of hydrogen-bond acceptors (Lipinski definition) is 3. The van der Waals surface area contributed by atoms with Gasteiger partial charge in [-0.3, -0.25) is 4.79 Å². The second-order valence-electron chi connectivity index (χ2n) is 5.04. The van der Waals surface area contributed by atoms with Crippen molar-refractivity contribution in [2.75, 3.05) is 10.6 Å². The molecule has 2 aromatic rings. The molecular weight excluding hydrogens is 264 g/mol. The molecule has 0 fully saturated rings. The molecule has 0 radical (unpaired) electrons. The quantitative estimate of drug-likeness (QED) is 0.791. The summed E-state index contributed by atoms with van der Waals surface area (Å²) >= 11 is 0. The van der Waals surface area contributed by atoms with Crippen LogP contribution in [0.1, 0.15) is 23.6 Å². The Hall–Kier alpha value is -2.33. The molecule has 0 unspecified atom stereocenters. The lowest BCUT2D eigenvalue weighted by atomic mass is 10.1. The van der Waals surface area contributed by atoms with Gasteiger partial charge in [0.05, 0.1) is 6.61 Å². The van der Waals surface area contributed by atoms with E-state index < -0.39 is 0 Å². The maximum absolute atomic E-state index is 11.2. The number of aliphatic hydroxyl groups is 1. The standard InChI is InChI=1S/C17H20N2O2/c1-12-3-8-16(9-17(12)19-13(2)21)18-10-14-4-6-15(11-20)7-5-14/h3-9,18,20H,10-11H2,1-2H3,(H,19,21). The van der Waals surface area contributed by atoms with E-state index in [1.165, 1.54) is 6.92 Å². The molecule has 0 aromatic heterocycles. The van der Waals surface area contributed by atoms with Gasteiger partial charge in [-0.15, -0.1) is 0 Å². The number of amides is 1.